The number of aryl methyl sites for hydroxylation is 2. The van der Waals surface area contributed by atoms with E-state index in [2.05, 4.69) is 26.6 Å². The van der Waals surface area contributed by atoms with Crippen molar-refractivity contribution in [2.75, 3.05) is 25.0 Å². The Labute approximate surface area is 207 Å². The van der Waals surface area contributed by atoms with E-state index in [0.717, 1.165) is 23.2 Å². The van der Waals surface area contributed by atoms with Crippen molar-refractivity contribution in [2.45, 2.75) is 60.9 Å². The van der Waals surface area contributed by atoms with Crippen LogP contribution in [0.4, 0.5) is 5.69 Å². The minimum absolute atomic E-state index is 0.0497. The molecule has 3 heterocycles. The standard InChI is InChI=1S/C24H32BrN3O4S/c1-4-9-26-21(30)16-17-23(32)28(10-6-11-29)20(24(17)12-15(25)19(16)33-24)22(31)27-18-13(2)7-5-8-14(18)3/h5,7-8,15-17,19-20,29H,4,6,9-12H2,1-3H3,(H,26,30)(H,27,31)/t15?,16-,17-,19-,20?,24?/m0/s1. The molecule has 3 fully saturated rings. The Morgan fingerprint density at radius 2 is 1.97 bits per heavy atom. The molecule has 0 saturated carbocycles. The van der Waals surface area contributed by atoms with Gasteiger partial charge >= 0.3 is 0 Å². The fraction of sp³-hybridized carbons (Fsp3) is 0.625. The number of aliphatic hydroxyl groups excluding tert-OH is 1. The predicted octanol–water partition coefficient (Wildman–Crippen LogP) is 2.62. The van der Waals surface area contributed by atoms with Gasteiger partial charge in [-0.3, -0.25) is 14.4 Å². The van der Waals surface area contributed by atoms with Crippen molar-refractivity contribution in [2.24, 2.45) is 11.8 Å². The molecule has 6 atom stereocenters. The maximum absolute atomic E-state index is 13.8. The quantitative estimate of drug-likeness (QED) is 0.442. The van der Waals surface area contributed by atoms with Crippen LogP contribution >= 0.6 is 27.7 Å². The van der Waals surface area contributed by atoms with E-state index in [1.165, 1.54) is 0 Å². The first-order valence-corrected chi connectivity index (χ1v) is 13.4. The van der Waals surface area contributed by atoms with Gasteiger partial charge < -0.3 is 20.6 Å². The van der Waals surface area contributed by atoms with Gasteiger partial charge in [-0.2, -0.15) is 0 Å². The van der Waals surface area contributed by atoms with E-state index >= 15 is 0 Å². The highest BCUT2D eigenvalue weighted by molar-refractivity contribution is 9.09. The van der Waals surface area contributed by atoms with Gasteiger partial charge in [0.2, 0.25) is 17.7 Å². The maximum atomic E-state index is 13.8. The average Bonchev–Trinajstić information content (AvgIpc) is 3.36. The normalized spacial score (nSPS) is 32.2. The number of aliphatic hydroxyl groups is 1. The van der Waals surface area contributed by atoms with Crippen molar-refractivity contribution in [3.63, 3.8) is 0 Å². The molecule has 1 aromatic carbocycles. The zero-order valence-electron chi connectivity index (χ0n) is 19.3. The summed E-state index contributed by atoms with van der Waals surface area (Å²) in [5.41, 5.74) is 2.69. The van der Waals surface area contributed by atoms with Crippen LogP contribution in [0.15, 0.2) is 18.2 Å². The van der Waals surface area contributed by atoms with E-state index in [4.69, 9.17) is 0 Å². The number of hydrogen-bond acceptors (Lipinski definition) is 5. The third kappa shape index (κ3) is 4.00. The summed E-state index contributed by atoms with van der Waals surface area (Å²) in [7, 11) is 0. The highest BCUT2D eigenvalue weighted by Crippen LogP contribution is 2.67. The molecule has 3 unspecified atom stereocenters. The van der Waals surface area contributed by atoms with Crippen LogP contribution in [0.2, 0.25) is 0 Å². The molecule has 7 nitrogen and oxygen atoms in total. The van der Waals surface area contributed by atoms with Crippen molar-refractivity contribution in [3.05, 3.63) is 29.3 Å². The Hall–Kier alpha value is -1.58. The van der Waals surface area contributed by atoms with Crippen molar-refractivity contribution >= 4 is 51.1 Å². The van der Waals surface area contributed by atoms with E-state index in [1.54, 1.807) is 16.7 Å². The van der Waals surface area contributed by atoms with Crippen molar-refractivity contribution in [3.8, 4) is 0 Å². The summed E-state index contributed by atoms with van der Waals surface area (Å²) >= 11 is 5.39. The summed E-state index contributed by atoms with van der Waals surface area (Å²) in [6, 6.07) is 5.15. The highest BCUT2D eigenvalue weighted by atomic mass is 79.9. The third-order valence-electron chi connectivity index (χ3n) is 7.18. The van der Waals surface area contributed by atoms with E-state index in [0.29, 0.717) is 25.9 Å². The Bertz CT molecular complexity index is 939. The first-order chi connectivity index (χ1) is 15.8. The van der Waals surface area contributed by atoms with Crippen molar-refractivity contribution in [1.29, 1.82) is 0 Å². The SMILES string of the molecule is CCCNC(=O)[C@H]1[C@H]2C(=O)N(CCCO)C(C(=O)Nc3c(C)cccc3C)C23CC(Br)[C@@H]1S3. The Morgan fingerprint density at radius 3 is 2.61 bits per heavy atom. The van der Waals surface area contributed by atoms with Gasteiger partial charge in [0.05, 0.1) is 16.6 Å². The number of hydrogen-bond donors (Lipinski definition) is 3. The number of likely N-dealkylation sites (tertiary alicyclic amines) is 1. The maximum Gasteiger partial charge on any atom is 0.248 e. The molecule has 0 aliphatic carbocycles. The lowest BCUT2D eigenvalue weighted by Gasteiger charge is -2.35. The Kier molecular flexibility index (Phi) is 7.13. The molecule has 3 aliphatic rings. The minimum atomic E-state index is -0.695. The van der Waals surface area contributed by atoms with Gasteiger partial charge in [0, 0.05) is 35.5 Å². The predicted molar refractivity (Wildman–Crippen MR) is 133 cm³/mol. The molecule has 33 heavy (non-hydrogen) atoms. The van der Waals surface area contributed by atoms with Gasteiger partial charge in [-0.15, -0.1) is 11.8 Å². The number of rotatable bonds is 8. The Morgan fingerprint density at radius 1 is 1.27 bits per heavy atom. The van der Waals surface area contributed by atoms with Gasteiger partial charge in [0.15, 0.2) is 0 Å². The van der Waals surface area contributed by atoms with Gasteiger partial charge in [0.1, 0.15) is 6.04 Å². The lowest BCUT2D eigenvalue weighted by molar-refractivity contribution is -0.139. The number of fused-ring (bicyclic) bond motifs is 1. The number of thioether (sulfide) groups is 1. The molecule has 3 saturated heterocycles. The smallest absolute Gasteiger partial charge is 0.248 e. The lowest BCUT2D eigenvalue weighted by Crippen LogP contribution is -2.53. The van der Waals surface area contributed by atoms with Gasteiger partial charge in [-0.05, 0) is 44.2 Å². The molecule has 3 aliphatic heterocycles. The molecule has 3 amide bonds. The zero-order valence-corrected chi connectivity index (χ0v) is 21.7. The molecule has 1 spiro atoms. The van der Waals surface area contributed by atoms with E-state index in [1.807, 2.05) is 39.0 Å². The summed E-state index contributed by atoms with van der Waals surface area (Å²) in [6.07, 6.45) is 1.86. The number of alkyl halides is 1. The number of anilines is 1. The number of amides is 3. The Balaban J connectivity index is 1.71. The fourth-order valence-electron chi connectivity index (χ4n) is 5.78. The van der Waals surface area contributed by atoms with Crippen LogP contribution in [0.3, 0.4) is 0 Å². The van der Waals surface area contributed by atoms with Gasteiger partial charge in [0.25, 0.3) is 0 Å². The first-order valence-electron chi connectivity index (χ1n) is 11.6. The second kappa shape index (κ2) is 9.58. The van der Waals surface area contributed by atoms with Crippen LogP contribution in [-0.2, 0) is 14.4 Å². The number of halogens is 1. The topological polar surface area (TPSA) is 98.7 Å². The third-order valence-corrected chi connectivity index (χ3v) is 10.4. The molecule has 0 aromatic heterocycles. The lowest BCUT2D eigenvalue weighted by atomic mass is 9.70. The summed E-state index contributed by atoms with van der Waals surface area (Å²) < 4.78 is -0.666. The van der Waals surface area contributed by atoms with Crippen LogP contribution in [-0.4, -0.2) is 68.3 Å². The molecular formula is C24H32BrN3O4S. The number of carbonyl (C=O) groups excluding carboxylic acids is 3. The summed E-state index contributed by atoms with van der Waals surface area (Å²) in [5, 5.41) is 15.5. The van der Waals surface area contributed by atoms with Crippen molar-refractivity contribution in [1.82, 2.24) is 10.2 Å². The summed E-state index contributed by atoms with van der Waals surface area (Å²) in [4.78, 5) is 42.4. The second-order valence-corrected chi connectivity index (χ2v) is 12.0. The van der Waals surface area contributed by atoms with E-state index in [-0.39, 0.29) is 34.4 Å². The van der Waals surface area contributed by atoms with Crippen LogP contribution in [0, 0.1) is 25.7 Å². The molecule has 3 N–H and O–H groups in total. The van der Waals surface area contributed by atoms with Crippen molar-refractivity contribution < 1.29 is 19.5 Å². The minimum Gasteiger partial charge on any atom is -0.396 e. The highest BCUT2D eigenvalue weighted by Gasteiger charge is 2.75. The number of carbonyl (C=O) groups is 3. The zero-order chi connectivity index (χ0) is 23.9. The van der Waals surface area contributed by atoms with Crippen LogP contribution in [0.5, 0.6) is 0 Å². The fourth-order valence-corrected chi connectivity index (χ4v) is 9.39. The molecule has 4 rings (SSSR count). The number of para-hydroxylation sites is 1. The van der Waals surface area contributed by atoms with Crippen LogP contribution in [0.25, 0.3) is 0 Å². The molecule has 9 heteroatoms. The summed E-state index contributed by atoms with van der Waals surface area (Å²) in [5.74, 6) is -1.47. The monoisotopic (exact) mass is 537 g/mol. The number of nitrogens with one attached hydrogen (secondary N) is 2. The van der Waals surface area contributed by atoms with E-state index in [9.17, 15) is 19.5 Å². The summed E-state index contributed by atoms with van der Waals surface area (Å²) in [6.45, 7) is 6.69. The van der Waals surface area contributed by atoms with Gasteiger partial charge in [-0.1, -0.05) is 41.1 Å². The number of benzene rings is 1. The van der Waals surface area contributed by atoms with Crippen LogP contribution in [0.1, 0.15) is 37.3 Å². The molecule has 1 aromatic rings. The van der Waals surface area contributed by atoms with E-state index < -0.39 is 22.6 Å². The molecule has 0 radical (unpaired) electrons. The largest absolute Gasteiger partial charge is 0.396 e. The molecule has 180 valence electrons. The first kappa shape index (κ1) is 24.5. The molecular weight excluding hydrogens is 506 g/mol. The number of nitrogens with zero attached hydrogens (tertiary/aromatic N) is 1. The van der Waals surface area contributed by atoms with Crippen LogP contribution < -0.4 is 10.6 Å². The van der Waals surface area contributed by atoms with Gasteiger partial charge in [-0.25, -0.2) is 0 Å². The second-order valence-electron chi connectivity index (χ2n) is 9.32. The molecule has 2 bridgehead atoms. The average molecular weight is 539 g/mol.